The summed E-state index contributed by atoms with van der Waals surface area (Å²) in [6.45, 7) is 1.17. The van der Waals surface area contributed by atoms with Crippen molar-refractivity contribution in [1.82, 2.24) is 9.91 Å². The third-order valence-electron chi connectivity index (χ3n) is 4.70. The van der Waals surface area contributed by atoms with Crippen LogP contribution in [0.5, 0.6) is 0 Å². The fourth-order valence-corrected chi connectivity index (χ4v) is 4.88. The highest BCUT2D eigenvalue weighted by Gasteiger charge is 2.34. The van der Waals surface area contributed by atoms with Crippen LogP contribution in [0.4, 0.5) is 0 Å². The molecule has 0 fully saturated rings. The monoisotopic (exact) mass is 424 g/mol. The molecule has 0 bridgehead atoms. The third-order valence-corrected chi connectivity index (χ3v) is 6.59. The summed E-state index contributed by atoms with van der Waals surface area (Å²) in [4.78, 5) is 17.4. The maximum absolute atomic E-state index is 13.2. The second-order valence-electron chi connectivity index (χ2n) is 6.70. The molecule has 29 heavy (non-hydrogen) atoms. The Kier molecular flexibility index (Phi) is 6.20. The van der Waals surface area contributed by atoms with Crippen molar-refractivity contribution in [3.63, 3.8) is 0 Å². The van der Waals surface area contributed by atoms with Gasteiger partial charge in [-0.05, 0) is 35.0 Å². The Hall–Kier alpha value is -2.73. The van der Waals surface area contributed by atoms with Crippen LogP contribution in [0, 0.1) is 11.3 Å². The molecule has 1 atom stereocenters. The molecule has 4 rings (SSSR count). The minimum Gasteiger partial charge on any atom is -0.468 e. The quantitative estimate of drug-likeness (QED) is 0.534. The van der Waals surface area contributed by atoms with Gasteiger partial charge in [-0.25, -0.2) is 5.01 Å². The first-order valence-corrected chi connectivity index (χ1v) is 11.1. The van der Waals surface area contributed by atoms with Gasteiger partial charge in [0.05, 0.1) is 42.1 Å². The van der Waals surface area contributed by atoms with Gasteiger partial charge >= 0.3 is 0 Å². The van der Waals surface area contributed by atoms with E-state index in [4.69, 9.17) is 14.8 Å². The summed E-state index contributed by atoms with van der Waals surface area (Å²) in [7, 11) is 0. The molecule has 0 saturated carbocycles. The summed E-state index contributed by atoms with van der Waals surface area (Å²) < 4.78 is 5.42. The van der Waals surface area contributed by atoms with Gasteiger partial charge in [0.25, 0.3) is 5.91 Å². The van der Waals surface area contributed by atoms with Crippen LogP contribution in [0.15, 0.2) is 62.9 Å². The highest BCUT2D eigenvalue weighted by atomic mass is 32.1. The first kappa shape index (κ1) is 19.6. The van der Waals surface area contributed by atoms with Crippen molar-refractivity contribution < 1.29 is 9.21 Å². The van der Waals surface area contributed by atoms with Gasteiger partial charge in [-0.2, -0.15) is 10.4 Å². The van der Waals surface area contributed by atoms with Crippen LogP contribution < -0.4 is 0 Å². The Balaban J connectivity index is 1.53. The second-order valence-corrected chi connectivity index (χ2v) is 8.62. The lowest BCUT2D eigenvalue weighted by atomic mass is 10.1. The van der Waals surface area contributed by atoms with Crippen LogP contribution in [0.1, 0.15) is 34.4 Å². The standard InChI is InChI=1S/C21H20N4O2S2/c22-8-4-9-24(14-16-5-1-10-27-16)15-21(26)25-18(20-7-3-12-29-20)13-17(23-25)19-6-2-11-28-19/h1-3,5-7,10-12,18H,4,9,13-15H2. The Labute approximate surface area is 177 Å². The maximum atomic E-state index is 13.2. The molecule has 0 spiro atoms. The van der Waals surface area contributed by atoms with Crippen LogP contribution in [0.2, 0.25) is 0 Å². The number of nitrogens with zero attached hydrogens (tertiary/aromatic N) is 4. The molecule has 0 N–H and O–H groups in total. The lowest BCUT2D eigenvalue weighted by Gasteiger charge is -2.25. The minimum absolute atomic E-state index is 0.0700. The molecule has 0 saturated heterocycles. The molecule has 148 valence electrons. The maximum Gasteiger partial charge on any atom is 0.257 e. The van der Waals surface area contributed by atoms with E-state index < -0.39 is 0 Å². The fraction of sp³-hybridized carbons (Fsp3) is 0.286. The number of carbonyl (C=O) groups excluding carboxylic acids is 1. The van der Waals surface area contributed by atoms with Gasteiger partial charge in [0.2, 0.25) is 0 Å². The molecule has 3 aromatic heterocycles. The summed E-state index contributed by atoms with van der Waals surface area (Å²) in [5, 5.41) is 19.4. The van der Waals surface area contributed by atoms with Gasteiger partial charge in [0.1, 0.15) is 5.76 Å². The number of nitriles is 1. The third kappa shape index (κ3) is 4.65. The van der Waals surface area contributed by atoms with Crippen molar-refractivity contribution in [2.45, 2.75) is 25.4 Å². The topological polar surface area (TPSA) is 72.8 Å². The predicted octanol–water partition coefficient (Wildman–Crippen LogP) is 4.50. The molecule has 1 amide bonds. The molecule has 0 radical (unpaired) electrons. The van der Waals surface area contributed by atoms with Crippen LogP contribution >= 0.6 is 22.7 Å². The van der Waals surface area contributed by atoms with Gasteiger partial charge in [0.15, 0.2) is 0 Å². The van der Waals surface area contributed by atoms with Crippen molar-refractivity contribution in [3.05, 3.63) is 68.9 Å². The van der Waals surface area contributed by atoms with E-state index in [1.165, 1.54) is 0 Å². The van der Waals surface area contributed by atoms with Crippen LogP contribution in [-0.2, 0) is 11.3 Å². The van der Waals surface area contributed by atoms with E-state index in [0.29, 0.717) is 25.9 Å². The Bertz CT molecular complexity index is 988. The van der Waals surface area contributed by atoms with Crippen LogP contribution in [0.25, 0.3) is 0 Å². The largest absolute Gasteiger partial charge is 0.468 e. The van der Waals surface area contributed by atoms with E-state index in [9.17, 15) is 4.79 Å². The summed E-state index contributed by atoms with van der Waals surface area (Å²) in [6.07, 6.45) is 2.68. The number of furan rings is 1. The molecule has 1 unspecified atom stereocenters. The zero-order chi connectivity index (χ0) is 20.1. The van der Waals surface area contributed by atoms with Gasteiger partial charge < -0.3 is 4.42 Å². The number of hydrogen-bond acceptors (Lipinski definition) is 7. The average molecular weight is 425 g/mol. The van der Waals surface area contributed by atoms with Gasteiger partial charge in [-0.3, -0.25) is 9.69 Å². The molecule has 1 aliphatic rings. The molecular weight excluding hydrogens is 404 g/mol. The van der Waals surface area contributed by atoms with Crippen LogP contribution in [-0.4, -0.2) is 34.6 Å². The summed E-state index contributed by atoms with van der Waals surface area (Å²) in [5.74, 6) is 0.703. The van der Waals surface area contributed by atoms with Gasteiger partial charge in [-0.1, -0.05) is 12.1 Å². The number of thiophene rings is 2. The number of amides is 1. The Morgan fingerprint density at radius 2 is 2.14 bits per heavy atom. The van der Waals surface area contributed by atoms with Gasteiger partial charge in [-0.15, -0.1) is 22.7 Å². The molecule has 4 heterocycles. The van der Waals surface area contributed by atoms with E-state index in [-0.39, 0.29) is 18.5 Å². The van der Waals surface area contributed by atoms with Gasteiger partial charge in [0, 0.05) is 24.3 Å². The normalized spacial score (nSPS) is 16.2. The van der Waals surface area contributed by atoms with Crippen molar-refractivity contribution in [3.8, 4) is 6.07 Å². The van der Waals surface area contributed by atoms with Crippen molar-refractivity contribution in [1.29, 1.82) is 5.26 Å². The van der Waals surface area contributed by atoms with E-state index in [2.05, 4.69) is 12.1 Å². The Morgan fingerprint density at radius 1 is 1.28 bits per heavy atom. The molecule has 3 aromatic rings. The first-order chi connectivity index (χ1) is 14.2. The second kappa shape index (κ2) is 9.18. The van der Waals surface area contributed by atoms with E-state index in [0.717, 1.165) is 21.2 Å². The summed E-state index contributed by atoms with van der Waals surface area (Å²) in [5.41, 5.74) is 0.946. The summed E-state index contributed by atoms with van der Waals surface area (Å²) in [6, 6.07) is 13.9. The summed E-state index contributed by atoms with van der Waals surface area (Å²) >= 11 is 3.28. The predicted molar refractivity (Wildman–Crippen MR) is 114 cm³/mol. The van der Waals surface area contributed by atoms with E-state index >= 15 is 0 Å². The zero-order valence-electron chi connectivity index (χ0n) is 15.7. The molecule has 0 aliphatic carbocycles. The molecule has 1 aliphatic heterocycles. The number of rotatable bonds is 8. The highest BCUT2D eigenvalue weighted by Crippen LogP contribution is 2.36. The minimum atomic E-state index is -0.0824. The molecule has 6 nitrogen and oxygen atoms in total. The molecule has 0 aromatic carbocycles. The Morgan fingerprint density at radius 3 is 2.83 bits per heavy atom. The highest BCUT2D eigenvalue weighted by molar-refractivity contribution is 7.12. The zero-order valence-corrected chi connectivity index (χ0v) is 17.4. The van der Waals surface area contributed by atoms with Crippen molar-refractivity contribution in [2.75, 3.05) is 13.1 Å². The average Bonchev–Trinajstić information content (AvgIpc) is 3.51. The van der Waals surface area contributed by atoms with Crippen molar-refractivity contribution >= 4 is 34.3 Å². The van der Waals surface area contributed by atoms with E-state index in [1.54, 1.807) is 33.9 Å². The molecular formula is C21H20N4O2S2. The number of carbonyl (C=O) groups is 1. The number of hydrazone groups is 1. The molecule has 8 heteroatoms. The van der Waals surface area contributed by atoms with Crippen LogP contribution in [0.3, 0.4) is 0 Å². The smallest absolute Gasteiger partial charge is 0.257 e. The fourth-order valence-electron chi connectivity index (χ4n) is 3.34. The lowest BCUT2D eigenvalue weighted by molar-refractivity contribution is -0.134. The first-order valence-electron chi connectivity index (χ1n) is 9.33. The lowest BCUT2D eigenvalue weighted by Crippen LogP contribution is -2.38. The van der Waals surface area contributed by atoms with E-state index in [1.807, 2.05) is 46.0 Å². The van der Waals surface area contributed by atoms with Crippen molar-refractivity contribution in [2.24, 2.45) is 5.10 Å². The number of hydrogen-bond donors (Lipinski definition) is 0. The SMILES string of the molecule is N#CCCN(CC(=O)N1N=C(c2cccs2)CC1c1cccs1)Cc1ccco1.